The summed E-state index contributed by atoms with van der Waals surface area (Å²) in [5, 5.41) is 13.6. The Labute approximate surface area is 113 Å². The van der Waals surface area contributed by atoms with E-state index in [0.29, 0.717) is 12.8 Å². The van der Waals surface area contributed by atoms with Crippen LogP contribution < -0.4 is 5.32 Å². The van der Waals surface area contributed by atoms with Gasteiger partial charge in [-0.1, -0.05) is 37.3 Å². The van der Waals surface area contributed by atoms with Crippen molar-refractivity contribution in [3.63, 3.8) is 0 Å². The van der Waals surface area contributed by atoms with Gasteiger partial charge in [0.25, 0.3) is 0 Å². The Morgan fingerprint density at radius 1 is 1.42 bits per heavy atom. The van der Waals surface area contributed by atoms with E-state index in [-0.39, 0.29) is 24.0 Å². The van der Waals surface area contributed by atoms with Gasteiger partial charge in [-0.25, -0.2) is 0 Å². The van der Waals surface area contributed by atoms with E-state index in [4.69, 9.17) is 4.74 Å². The molecule has 0 spiro atoms. The Kier molecular flexibility index (Phi) is 4.56. The molecule has 0 radical (unpaired) electrons. The van der Waals surface area contributed by atoms with Crippen molar-refractivity contribution >= 4 is 5.97 Å². The zero-order chi connectivity index (χ0) is 13.8. The van der Waals surface area contributed by atoms with Gasteiger partial charge in [0.2, 0.25) is 0 Å². The second kappa shape index (κ2) is 6.17. The lowest BCUT2D eigenvalue weighted by atomic mass is 9.82. The SMILES string of the molecule is COC(=O)C[C@H]1C[C@@H](O)[C@H](C)[C@@H](c2ccccc2)N1. The highest BCUT2D eigenvalue weighted by Crippen LogP contribution is 2.32. The van der Waals surface area contributed by atoms with Crippen LogP contribution in [0, 0.1) is 5.92 Å². The molecule has 0 aromatic heterocycles. The molecule has 4 heteroatoms. The summed E-state index contributed by atoms with van der Waals surface area (Å²) in [5.41, 5.74) is 1.14. The Balaban J connectivity index is 2.11. The van der Waals surface area contributed by atoms with Crippen molar-refractivity contribution in [1.82, 2.24) is 5.32 Å². The first-order chi connectivity index (χ1) is 9.11. The predicted molar refractivity (Wildman–Crippen MR) is 72.5 cm³/mol. The maximum Gasteiger partial charge on any atom is 0.307 e. The average Bonchev–Trinajstić information content (AvgIpc) is 2.43. The Hall–Kier alpha value is -1.39. The number of piperidine rings is 1. The van der Waals surface area contributed by atoms with E-state index in [2.05, 4.69) is 5.32 Å². The first kappa shape index (κ1) is 14.0. The second-order valence-corrected chi connectivity index (χ2v) is 5.19. The van der Waals surface area contributed by atoms with Gasteiger partial charge >= 0.3 is 5.97 Å². The molecule has 0 aliphatic carbocycles. The number of nitrogens with one attached hydrogen (secondary N) is 1. The summed E-state index contributed by atoms with van der Waals surface area (Å²) in [6.45, 7) is 2.03. The molecular formula is C15H21NO3. The summed E-state index contributed by atoms with van der Waals surface area (Å²) in [5.74, 6) is -0.123. The normalized spacial score (nSPS) is 30.9. The van der Waals surface area contributed by atoms with E-state index < -0.39 is 6.10 Å². The fraction of sp³-hybridized carbons (Fsp3) is 0.533. The lowest BCUT2D eigenvalue weighted by Crippen LogP contribution is -2.48. The summed E-state index contributed by atoms with van der Waals surface area (Å²) in [6.07, 6.45) is 0.476. The molecule has 4 atom stereocenters. The molecule has 4 nitrogen and oxygen atoms in total. The summed E-state index contributed by atoms with van der Waals surface area (Å²) in [7, 11) is 1.39. The summed E-state index contributed by atoms with van der Waals surface area (Å²) in [4.78, 5) is 11.4. The molecule has 1 saturated heterocycles. The number of methoxy groups -OCH3 is 1. The van der Waals surface area contributed by atoms with Crippen molar-refractivity contribution in [2.45, 2.75) is 38.0 Å². The number of carbonyl (C=O) groups is 1. The topological polar surface area (TPSA) is 58.6 Å². The van der Waals surface area contributed by atoms with Crippen molar-refractivity contribution in [2.75, 3.05) is 7.11 Å². The summed E-state index contributed by atoms with van der Waals surface area (Å²) < 4.78 is 4.70. The summed E-state index contributed by atoms with van der Waals surface area (Å²) >= 11 is 0. The van der Waals surface area contributed by atoms with Gasteiger partial charge in [0, 0.05) is 18.0 Å². The zero-order valence-corrected chi connectivity index (χ0v) is 11.4. The maximum atomic E-state index is 11.4. The monoisotopic (exact) mass is 263 g/mol. The van der Waals surface area contributed by atoms with Crippen molar-refractivity contribution in [2.24, 2.45) is 5.92 Å². The molecule has 1 heterocycles. The van der Waals surface area contributed by atoms with E-state index in [1.165, 1.54) is 7.11 Å². The molecule has 0 bridgehead atoms. The van der Waals surface area contributed by atoms with Crippen LogP contribution in [0.4, 0.5) is 0 Å². The largest absolute Gasteiger partial charge is 0.469 e. The minimum absolute atomic E-state index is 0.0381. The van der Waals surface area contributed by atoms with Gasteiger partial charge in [0.15, 0.2) is 0 Å². The van der Waals surface area contributed by atoms with Gasteiger partial charge in [-0.3, -0.25) is 4.79 Å². The molecule has 1 aliphatic heterocycles. The van der Waals surface area contributed by atoms with Crippen LogP contribution in [-0.2, 0) is 9.53 Å². The first-order valence-electron chi connectivity index (χ1n) is 6.67. The minimum Gasteiger partial charge on any atom is -0.469 e. The van der Waals surface area contributed by atoms with Crippen LogP contribution in [-0.4, -0.2) is 30.3 Å². The van der Waals surface area contributed by atoms with E-state index in [0.717, 1.165) is 5.56 Å². The smallest absolute Gasteiger partial charge is 0.307 e. The number of carbonyl (C=O) groups excluding carboxylic acids is 1. The van der Waals surface area contributed by atoms with Gasteiger partial charge in [0.1, 0.15) is 0 Å². The minimum atomic E-state index is -0.402. The maximum absolute atomic E-state index is 11.4. The van der Waals surface area contributed by atoms with Gasteiger partial charge in [-0.2, -0.15) is 0 Å². The third-order valence-corrected chi connectivity index (χ3v) is 3.87. The molecule has 1 aromatic rings. The van der Waals surface area contributed by atoms with Gasteiger partial charge in [-0.15, -0.1) is 0 Å². The number of hydrogen-bond donors (Lipinski definition) is 2. The number of aliphatic hydroxyl groups is 1. The van der Waals surface area contributed by atoms with E-state index >= 15 is 0 Å². The Morgan fingerprint density at radius 2 is 2.11 bits per heavy atom. The average molecular weight is 263 g/mol. The molecule has 104 valence electrons. The number of ether oxygens (including phenoxy) is 1. The molecule has 1 aliphatic rings. The number of esters is 1. The van der Waals surface area contributed by atoms with Crippen LogP contribution in [0.15, 0.2) is 30.3 Å². The molecule has 2 N–H and O–H groups in total. The van der Waals surface area contributed by atoms with Gasteiger partial charge in [-0.05, 0) is 12.0 Å². The molecule has 2 rings (SSSR count). The standard InChI is InChI=1S/C15H21NO3/c1-10-13(17)8-12(9-14(18)19-2)16-15(10)11-6-4-3-5-7-11/h3-7,10,12-13,15-17H,8-9H2,1-2H3/t10-,12+,13+,15-/m0/s1. The summed E-state index contributed by atoms with van der Waals surface area (Å²) in [6, 6.07) is 10.1. The Morgan fingerprint density at radius 3 is 2.74 bits per heavy atom. The molecule has 1 aromatic carbocycles. The Bertz CT molecular complexity index is 421. The third-order valence-electron chi connectivity index (χ3n) is 3.87. The highest BCUT2D eigenvalue weighted by molar-refractivity contribution is 5.69. The first-order valence-corrected chi connectivity index (χ1v) is 6.67. The van der Waals surface area contributed by atoms with Crippen LogP contribution in [0.5, 0.6) is 0 Å². The molecule has 0 unspecified atom stereocenters. The second-order valence-electron chi connectivity index (χ2n) is 5.19. The zero-order valence-electron chi connectivity index (χ0n) is 11.4. The molecule has 19 heavy (non-hydrogen) atoms. The number of aliphatic hydroxyl groups excluding tert-OH is 1. The fourth-order valence-electron chi connectivity index (χ4n) is 2.69. The third kappa shape index (κ3) is 3.33. The molecule has 1 fully saturated rings. The van der Waals surface area contributed by atoms with Gasteiger partial charge < -0.3 is 15.2 Å². The van der Waals surface area contributed by atoms with Crippen LogP contribution in [0.3, 0.4) is 0 Å². The highest BCUT2D eigenvalue weighted by Gasteiger charge is 2.35. The van der Waals surface area contributed by atoms with Crippen molar-refractivity contribution in [1.29, 1.82) is 0 Å². The van der Waals surface area contributed by atoms with E-state index in [9.17, 15) is 9.90 Å². The van der Waals surface area contributed by atoms with Crippen LogP contribution in [0.25, 0.3) is 0 Å². The highest BCUT2D eigenvalue weighted by atomic mass is 16.5. The van der Waals surface area contributed by atoms with Gasteiger partial charge in [0.05, 0.1) is 19.6 Å². The number of hydrogen-bond acceptors (Lipinski definition) is 4. The quantitative estimate of drug-likeness (QED) is 0.814. The number of rotatable bonds is 3. The van der Waals surface area contributed by atoms with Crippen LogP contribution in [0.1, 0.15) is 31.4 Å². The lowest BCUT2D eigenvalue weighted by Gasteiger charge is -2.39. The van der Waals surface area contributed by atoms with Crippen molar-refractivity contribution in [3.05, 3.63) is 35.9 Å². The van der Waals surface area contributed by atoms with Crippen LogP contribution in [0.2, 0.25) is 0 Å². The van der Waals surface area contributed by atoms with Crippen molar-refractivity contribution < 1.29 is 14.6 Å². The molecule has 0 amide bonds. The molecular weight excluding hydrogens is 242 g/mol. The number of benzene rings is 1. The lowest BCUT2D eigenvalue weighted by molar-refractivity contribution is -0.141. The van der Waals surface area contributed by atoms with E-state index in [1.54, 1.807) is 0 Å². The van der Waals surface area contributed by atoms with Crippen molar-refractivity contribution in [3.8, 4) is 0 Å². The molecule has 0 saturated carbocycles. The fourth-order valence-corrected chi connectivity index (χ4v) is 2.69. The van der Waals surface area contributed by atoms with E-state index in [1.807, 2.05) is 37.3 Å². The van der Waals surface area contributed by atoms with Crippen LogP contribution >= 0.6 is 0 Å². The predicted octanol–water partition coefficient (Wildman–Crippen LogP) is 1.65.